The molecular weight excluding hydrogens is 532 g/mol. The summed E-state index contributed by atoms with van der Waals surface area (Å²) in [7, 11) is 0. The van der Waals surface area contributed by atoms with Crippen molar-refractivity contribution < 1.29 is 27.9 Å². The number of benzene rings is 2. The summed E-state index contributed by atoms with van der Waals surface area (Å²) in [5.41, 5.74) is 5.49. The van der Waals surface area contributed by atoms with Crippen LogP contribution in [-0.2, 0) is 9.59 Å². The molecule has 2 aromatic rings. The number of carbonyl (C=O) groups excluding carboxylic acids is 3. The summed E-state index contributed by atoms with van der Waals surface area (Å²) in [4.78, 5) is 40.3. The lowest BCUT2D eigenvalue weighted by Crippen LogP contribution is -2.56. The number of hydrogen-bond donors (Lipinski definition) is 3. The van der Waals surface area contributed by atoms with Crippen molar-refractivity contribution >= 4 is 17.7 Å². The monoisotopic (exact) mass is 567 g/mol. The number of rotatable bonds is 7. The predicted molar refractivity (Wildman–Crippen MR) is 147 cm³/mol. The van der Waals surface area contributed by atoms with Crippen molar-refractivity contribution in [2.75, 3.05) is 0 Å². The van der Waals surface area contributed by atoms with Gasteiger partial charge in [-0.3, -0.25) is 19.8 Å². The molecule has 2 unspecified atom stereocenters. The molecule has 11 heteroatoms. The zero-order valence-corrected chi connectivity index (χ0v) is 23.7. The normalized spacial score (nSPS) is 25.2. The molecule has 0 aromatic heterocycles. The zero-order chi connectivity index (χ0) is 30.1. The number of aryl methyl sites for hydroxylation is 1. The minimum absolute atomic E-state index is 0.0317. The number of hydrogen-bond acceptors (Lipinski definition) is 6. The van der Waals surface area contributed by atoms with Gasteiger partial charge in [0.2, 0.25) is 5.91 Å². The van der Waals surface area contributed by atoms with Gasteiger partial charge in [-0.2, -0.15) is 5.26 Å². The van der Waals surface area contributed by atoms with E-state index in [-0.39, 0.29) is 29.5 Å². The molecule has 3 N–H and O–H groups in total. The molecule has 2 aromatic carbocycles. The summed E-state index contributed by atoms with van der Waals surface area (Å²) in [6.45, 7) is 8.40. The number of likely N-dealkylation sites (tertiary alicyclic amines) is 1. The first-order valence-corrected chi connectivity index (χ1v) is 13.6. The van der Waals surface area contributed by atoms with E-state index in [2.05, 4.69) is 22.2 Å². The highest BCUT2D eigenvalue weighted by molar-refractivity contribution is 5.98. The number of halogens is 2. The van der Waals surface area contributed by atoms with Crippen molar-refractivity contribution in [1.29, 1.82) is 5.26 Å². The van der Waals surface area contributed by atoms with Crippen LogP contribution in [-0.4, -0.2) is 53.0 Å². The van der Waals surface area contributed by atoms with Gasteiger partial charge in [0.15, 0.2) is 6.10 Å². The molecule has 0 aliphatic carbocycles. The van der Waals surface area contributed by atoms with Crippen molar-refractivity contribution in [2.24, 2.45) is 5.41 Å². The first-order chi connectivity index (χ1) is 19.3. The van der Waals surface area contributed by atoms with E-state index in [1.54, 1.807) is 39.0 Å². The van der Waals surface area contributed by atoms with E-state index < -0.39 is 53.4 Å². The minimum atomic E-state index is -1.53. The second kappa shape index (κ2) is 11.8. The van der Waals surface area contributed by atoms with Crippen molar-refractivity contribution in [2.45, 2.75) is 83.9 Å². The van der Waals surface area contributed by atoms with Crippen LogP contribution in [0.5, 0.6) is 5.75 Å². The average Bonchev–Trinajstić information content (AvgIpc) is 3.29. The van der Waals surface area contributed by atoms with Gasteiger partial charge in [-0.05, 0) is 76.1 Å². The molecule has 2 fully saturated rings. The van der Waals surface area contributed by atoms with Crippen LogP contribution in [0.3, 0.4) is 0 Å². The second-order valence-electron chi connectivity index (χ2n) is 11.4. The third-order valence-electron chi connectivity index (χ3n) is 7.72. The molecular formula is C30H35F2N5O4. The van der Waals surface area contributed by atoms with Crippen molar-refractivity contribution in [3.8, 4) is 11.8 Å². The smallest absolute Gasteiger partial charge is 0.275 e. The van der Waals surface area contributed by atoms with Crippen LogP contribution in [0.4, 0.5) is 8.78 Å². The molecule has 0 radical (unpaired) electrons. The fourth-order valence-electron chi connectivity index (χ4n) is 5.40. The van der Waals surface area contributed by atoms with E-state index in [9.17, 15) is 24.0 Å². The molecule has 3 amide bonds. The maximum atomic E-state index is 15.5. The van der Waals surface area contributed by atoms with Gasteiger partial charge in [-0.15, -0.1) is 0 Å². The third kappa shape index (κ3) is 6.33. The van der Waals surface area contributed by atoms with E-state index in [4.69, 9.17) is 4.74 Å². The molecule has 2 aliphatic rings. The lowest BCUT2D eigenvalue weighted by Gasteiger charge is -2.37. The summed E-state index contributed by atoms with van der Waals surface area (Å²) in [6, 6.07) is 9.34. The summed E-state index contributed by atoms with van der Waals surface area (Å²) < 4.78 is 35.4. The van der Waals surface area contributed by atoms with Crippen LogP contribution >= 0.6 is 0 Å². The van der Waals surface area contributed by atoms with Crippen LogP contribution in [0.2, 0.25) is 0 Å². The first-order valence-electron chi connectivity index (χ1n) is 13.6. The van der Waals surface area contributed by atoms with Crippen LogP contribution < -0.4 is 20.9 Å². The van der Waals surface area contributed by atoms with Gasteiger partial charge in [0.05, 0.1) is 23.6 Å². The number of alkyl halides is 1. The molecule has 0 bridgehead atoms. The van der Waals surface area contributed by atoms with E-state index in [1.165, 1.54) is 36.1 Å². The summed E-state index contributed by atoms with van der Waals surface area (Å²) in [6.07, 6.45) is -1.83. The number of hydrazine groups is 1. The van der Waals surface area contributed by atoms with Gasteiger partial charge in [0.1, 0.15) is 23.8 Å². The largest absolute Gasteiger partial charge is 0.480 e. The van der Waals surface area contributed by atoms with Crippen molar-refractivity contribution in [3.63, 3.8) is 0 Å². The summed E-state index contributed by atoms with van der Waals surface area (Å²) in [5, 5.41) is 12.5. The molecule has 6 atom stereocenters. The molecule has 218 valence electrons. The summed E-state index contributed by atoms with van der Waals surface area (Å²) in [5.74, 6) is -1.52. The molecule has 41 heavy (non-hydrogen) atoms. The quantitative estimate of drug-likeness (QED) is 0.470. The standard InChI is InChI=1S/C30H35F2N5O4/c1-16-11-20(9-10-23(16)41-24-12-17(2)35-36-28(24)39)27(38)34-18(3)29(40)37-25(30(4,5)15-33)14-22(32)26(37)19-7-6-8-21(31)13-19/h6-11,13,17-18,22,24-26,35H,12,14H2,1-5H3,(H,34,38)(H,36,39)/t17?,18-,22+,24?,25-,26-/m1/s1. The number of ether oxygens (including phenoxy) is 1. The van der Waals surface area contributed by atoms with Gasteiger partial charge in [0, 0.05) is 24.4 Å². The van der Waals surface area contributed by atoms with Crippen molar-refractivity contribution in [1.82, 2.24) is 21.1 Å². The van der Waals surface area contributed by atoms with Crippen LogP contribution in [0.15, 0.2) is 42.5 Å². The molecule has 0 saturated carbocycles. The first kappa shape index (κ1) is 29.9. The highest BCUT2D eigenvalue weighted by Crippen LogP contribution is 2.45. The Labute approximate surface area is 238 Å². The van der Waals surface area contributed by atoms with Gasteiger partial charge in [-0.25, -0.2) is 14.2 Å². The Kier molecular flexibility index (Phi) is 8.63. The lowest BCUT2D eigenvalue weighted by atomic mass is 9.84. The van der Waals surface area contributed by atoms with E-state index in [0.29, 0.717) is 17.7 Å². The third-order valence-corrected chi connectivity index (χ3v) is 7.72. The molecule has 2 saturated heterocycles. The van der Waals surface area contributed by atoms with Crippen LogP contribution in [0.1, 0.15) is 68.1 Å². The highest BCUT2D eigenvalue weighted by Gasteiger charge is 2.51. The predicted octanol–water partition coefficient (Wildman–Crippen LogP) is 3.64. The Morgan fingerprint density at radius 1 is 1.22 bits per heavy atom. The molecule has 2 aliphatic heterocycles. The molecule has 9 nitrogen and oxygen atoms in total. The number of carbonyl (C=O) groups is 3. The van der Waals surface area contributed by atoms with Crippen LogP contribution in [0.25, 0.3) is 0 Å². The maximum Gasteiger partial charge on any atom is 0.275 e. The highest BCUT2D eigenvalue weighted by atomic mass is 19.1. The number of nitrogens with zero attached hydrogens (tertiary/aromatic N) is 2. The summed E-state index contributed by atoms with van der Waals surface area (Å²) >= 11 is 0. The van der Waals surface area contributed by atoms with E-state index >= 15 is 4.39 Å². The van der Waals surface area contributed by atoms with Gasteiger partial charge in [0.25, 0.3) is 11.8 Å². The van der Waals surface area contributed by atoms with Crippen molar-refractivity contribution in [3.05, 3.63) is 65.0 Å². The Morgan fingerprint density at radius 3 is 2.61 bits per heavy atom. The SMILES string of the molecule is Cc1cc(C(=O)N[C@H](C)C(=O)N2[C@H](c3cccc(F)c3)[C@@H](F)C[C@@H]2C(C)(C)C#N)ccc1OC1CC(C)NNC1=O. The Morgan fingerprint density at radius 2 is 1.95 bits per heavy atom. The Hall–Kier alpha value is -4.04. The molecule has 4 rings (SSSR count). The topological polar surface area (TPSA) is 124 Å². The minimum Gasteiger partial charge on any atom is -0.480 e. The molecule has 2 heterocycles. The fraction of sp³-hybridized carbons (Fsp3) is 0.467. The second-order valence-corrected chi connectivity index (χ2v) is 11.4. The lowest BCUT2D eigenvalue weighted by molar-refractivity contribution is -0.138. The average molecular weight is 568 g/mol. The van der Waals surface area contributed by atoms with Gasteiger partial charge in [-0.1, -0.05) is 12.1 Å². The number of nitriles is 1. The van der Waals surface area contributed by atoms with E-state index in [1.807, 2.05) is 6.92 Å². The Balaban J connectivity index is 1.52. The number of nitrogens with one attached hydrogen (secondary N) is 3. The Bertz CT molecular complexity index is 1380. The zero-order valence-electron chi connectivity index (χ0n) is 23.7. The van der Waals surface area contributed by atoms with Gasteiger partial charge >= 0.3 is 0 Å². The number of amides is 3. The van der Waals surface area contributed by atoms with E-state index in [0.717, 1.165) is 0 Å². The van der Waals surface area contributed by atoms with Crippen LogP contribution in [0, 0.1) is 29.5 Å². The molecule has 0 spiro atoms. The maximum absolute atomic E-state index is 15.5. The fourth-order valence-corrected chi connectivity index (χ4v) is 5.40. The van der Waals surface area contributed by atoms with Gasteiger partial charge < -0.3 is 15.0 Å².